The zero-order valence-electron chi connectivity index (χ0n) is 10.2. The number of amides is 1. The Balaban J connectivity index is 2.75. The largest absolute Gasteiger partial charge is 0.327 e. The van der Waals surface area contributed by atoms with Crippen LogP contribution >= 0.6 is 0 Å². The van der Waals surface area contributed by atoms with Crippen LogP contribution in [0.4, 0.5) is 5.69 Å². The summed E-state index contributed by atoms with van der Waals surface area (Å²) in [5.41, 5.74) is 7.84. The van der Waals surface area contributed by atoms with Crippen molar-refractivity contribution in [2.24, 2.45) is 5.73 Å². The number of nitrogens with two attached hydrogens (primary N) is 1. The van der Waals surface area contributed by atoms with Crippen LogP contribution in [0.5, 0.6) is 0 Å². The van der Waals surface area contributed by atoms with E-state index in [0.29, 0.717) is 6.42 Å². The Morgan fingerprint density at radius 3 is 2.62 bits per heavy atom. The monoisotopic (exact) mass is 220 g/mol. The minimum Gasteiger partial charge on any atom is -0.327 e. The fourth-order valence-corrected chi connectivity index (χ4v) is 1.58. The summed E-state index contributed by atoms with van der Waals surface area (Å²) in [6, 6.07) is 7.81. The highest BCUT2D eigenvalue weighted by molar-refractivity contribution is 5.93. The molecule has 1 atom stereocenters. The molecular weight excluding hydrogens is 200 g/mol. The van der Waals surface area contributed by atoms with Crippen LogP contribution < -0.4 is 10.6 Å². The van der Waals surface area contributed by atoms with Gasteiger partial charge in [0.05, 0.1) is 0 Å². The average Bonchev–Trinajstić information content (AvgIpc) is 2.28. The van der Waals surface area contributed by atoms with Crippen molar-refractivity contribution >= 4 is 11.6 Å². The molecule has 0 aliphatic carbocycles. The van der Waals surface area contributed by atoms with E-state index < -0.39 is 0 Å². The molecule has 0 fully saturated rings. The predicted octanol–water partition coefficient (Wildman–Crippen LogP) is 2.09. The number of carbonyl (C=O) groups excluding carboxylic acids is 1. The Bertz CT molecular complexity index is 363. The van der Waals surface area contributed by atoms with Crippen LogP contribution in [0.15, 0.2) is 24.3 Å². The number of anilines is 1. The number of benzene rings is 1. The van der Waals surface area contributed by atoms with Gasteiger partial charge < -0.3 is 10.6 Å². The Hall–Kier alpha value is -1.35. The molecule has 1 aromatic rings. The van der Waals surface area contributed by atoms with Crippen LogP contribution in [0.3, 0.4) is 0 Å². The van der Waals surface area contributed by atoms with Gasteiger partial charge in [0.15, 0.2) is 0 Å². The number of carbonyl (C=O) groups is 1. The van der Waals surface area contributed by atoms with Crippen molar-refractivity contribution in [3.05, 3.63) is 29.8 Å². The van der Waals surface area contributed by atoms with Crippen molar-refractivity contribution in [3.8, 4) is 0 Å². The summed E-state index contributed by atoms with van der Waals surface area (Å²) < 4.78 is 0. The zero-order chi connectivity index (χ0) is 12.1. The summed E-state index contributed by atoms with van der Waals surface area (Å²) in [4.78, 5) is 13.6. The van der Waals surface area contributed by atoms with Gasteiger partial charge in [-0.2, -0.15) is 0 Å². The van der Waals surface area contributed by atoms with Crippen LogP contribution in [0.25, 0.3) is 0 Å². The van der Waals surface area contributed by atoms with E-state index in [4.69, 9.17) is 5.73 Å². The van der Waals surface area contributed by atoms with Gasteiger partial charge in [0.1, 0.15) is 0 Å². The van der Waals surface area contributed by atoms with Crippen LogP contribution in [-0.2, 0) is 4.79 Å². The molecule has 3 heteroatoms. The average molecular weight is 220 g/mol. The lowest BCUT2D eigenvalue weighted by Crippen LogP contribution is -2.33. The third-order valence-electron chi connectivity index (χ3n) is 2.81. The standard InChI is InChI=1S/C13H20N2O/c1-4-11(14)9-13(16)15(3)12-8-6-5-7-10(12)2/h5-8,11H,4,9,14H2,1-3H3. The Morgan fingerprint density at radius 1 is 1.44 bits per heavy atom. The van der Waals surface area contributed by atoms with Gasteiger partial charge in [-0.05, 0) is 25.0 Å². The van der Waals surface area contributed by atoms with Crippen molar-refractivity contribution in [1.82, 2.24) is 0 Å². The third-order valence-corrected chi connectivity index (χ3v) is 2.81. The maximum Gasteiger partial charge on any atom is 0.228 e. The lowest BCUT2D eigenvalue weighted by Gasteiger charge is -2.21. The highest BCUT2D eigenvalue weighted by Crippen LogP contribution is 2.18. The first-order chi connectivity index (χ1) is 7.56. The van der Waals surface area contributed by atoms with E-state index in [2.05, 4.69) is 0 Å². The lowest BCUT2D eigenvalue weighted by molar-refractivity contribution is -0.118. The first-order valence-electron chi connectivity index (χ1n) is 5.64. The molecule has 0 aromatic heterocycles. The number of hydrogen-bond acceptors (Lipinski definition) is 2. The van der Waals surface area contributed by atoms with E-state index in [9.17, 15) is 4.79 Å². The van der Waals surface area contributed by atoms with Crippen molar-refractivity contribution in [1.29, 1.82) is 0 Å². The number of para-hydroxylation sites is 1. The molecule has 0 saturated heterocycles. The number of rotatable bonds is 4. The zero-order valence-corrected chi connectivity index (χ0v) is 10.2. The van der Waals surface area contributed by atoms with Crippen molar-refractivity contribution in [2.75, 3.05) is 11.9 Å². The molecule has 0 radical (unpaired) electrons. The molecule has 1 unspecified atom stereocenters. The molecule has 0 bridgehead atoms. The Morgan fingerprint density at radius 2 is 2.06 bits per heavy atom. The van der Waals surface area contributed by atoms with Crippen LogP contribution in [0, 0.1) is 6.92 Å². The summed E-state index contributed by atoms with van der Waals surface area (Å²) in [5.74, 6) is 0.0728. The summed E-state index contributed by atoms with van der Waals surface area (Å²) in [6.07, 6.45) is 1.23. The van der Waals surface area contributed by atoms with E-state index in [0.717, 1.165) is 17.7 Å². The molecule has 88 valence electrons. The first-order valence-corrected chi connectivity index (χ1v) is 5.64. The van der Waals surface area contributed by atoms with Gasteiger partial charge in [0.25, 0.3) is 0 Å². The minimum atomic E-state index is -0.0426. The third kappa shape index (κ3) is 3.07. The lowest BCUT2D eigenvalue weighted by atomic mass is 10.1. The fraction of sp³-hybridized carbons (Fsp3) is 0.462. The molecule has 1 rings (SSSR count). The summed E-state index contributed by atoms with van der Waals surface area (Å²) >= 11 is 0. The molecule has 0 spiro atoms. The SMILES string of the molecule is CCC(N)CC(=O)N(C)c1ccccc1C. The topological polar surface area (TPSA) is 46.3 Å². The maximum atomic E-state index is 11.9. The Kier molecular flexibility index (Phi) is 4.50. The molecule has 0 saturated carbocycles. The molecule has 1 aromatic carbocycles. The van der Waals surface area contributed by atoms with Crippen molar-refractivity contribution in [3.63, 3.8) is 0 Å². The second-order valence-corrected chi connectivity index (χ2v) is 4.11. The summed E-state index contributed by atoms with van der Waals surface area (Å²) in [7, 11) is 1.80. The van der Waals surface area contributed by atoms with Crippen molar-refractivity contribution < 1.29 is 4.79 Å². The predicted molar refractivity (Wildman–Crippen MR) is 67.5 cm³/mol. The summed E-state index contributed by atoms with van der Waals surface area (Å²) in [5, 5.41) is 0. The Labute approximate surface area is 97.2 Å². The van der Waals surface area contributed by atoms with Crippen LogP contribution in [0.1, 0.15) is 25.3 Å². The van der Waals surface area contributed by atoms with E-state index in [-0.39, 0.29) is 11.9 Å². The van der Waals surface area contributed by atoms with E-state index in [1.165, 1.54) is 0 Å². The molecule has 0 heterocycles. The normalized spacial score (nSPS) is 12.2. The van der Waals surface area contributed by atoms with Crippen LogP contribution in [0.2, 0.25) is 0 Å². The second kappa shape index (κ2) is 5.66. The quantitative estimate of drug-likeness (QED) is 0.844. The molecule has 0 aliphatic rings. The highest BCUT2D eigenvalue weighted by atomic mass is 16.2. The number of hydrogen-bond donors (Lipinski definition) is 1. The number of aryl methyl sites for hydroxylation is 1. The van der Waals surface area contributed by atoms with E-state index in [1.807, 2.05) is 38.1 Å². The van der Waals surface area contributed by atoms with Gasteiger partial charge in [-0.15, -0.1) is 0 Å². The first kappa shape index (κ1) is 12.7. The van der Waals surface area contributed by atoms with Crippen LogP contribution in [-0.4, -0.2) is 19.0 Å². The second-order valence-electron chi connectivity index (χ2n) is 4.11. The fourth-order valence-electron chi connectivity index (χ4n) is 1.58. The molecule has 3 nitrogen and oxygen atoms in total. The van der Waals surface area contributed by atoms with Gasteiger partial charge >= 0.3 is 0 Å². The molecule has 1 amide bonds. The van der Waals surface area contributed by atoms with Gasteiger partial charge in [-0.25, -0.2) is 0 Å². The maximum absolute atomic E-state index is 11.9. The number of nitrogens with zero attached hydrogens (tertiary/aromatic N) is 1. The highest BCUT2D eigenvalue weighted by Gasteiger charge is 2.14. The molecule has 16 heavy (non-hydrogen) atoms. The smallest absolute Gasteiger partial charge is 0.228 e. The van der Waals surface area contributed by atoms with Gasteiger partial charge in [0.2, 0.25) is 5.91 Å². The molecular formula is C13H20N2O. The molecule has 2 N–H and O–H groups in total. The van der Waals surface area contributed by atoms with E-state index >= 15 is 0 Å². The van der Waals surface area contributed by atoms with Gasteiger partial charge in [-0.3, -0.25) is 4.79 Å². The van der Waals surface area contributed by atoms with Gasteiger partial charge in [0, 0.05) is 25.2 Å². The molecule has 0 aliphatic heterocycles. The van der Waals surface area contributed by atoms with Gasteiger partial charge in [-0.1, -0.05) is 25.1 Å². The minimum absolute atomic E-state index is 0.0426. The van der Waals surface area contributed by atoms with E-state index in [1.54, 1.807) is 11.9 Å². The summed E-state index contributed by atoms with van der Waals surface area (Å²) in [6.45, 7) is 3.99. The van der Waals surface area contributed by atoms with Crippen molar-refractivity contribution in [2.45, 2.75) is 32.7 Å².